The summed E-state index contributed by atoms with van der Waals surface area (Å²) in [5.41, 5.74) is 8.36. The Hall–Kier alpha value is -5.70. The summed E-state index contributed by atoms with van der Waals surface area (Å²) in [7, 11) is 0. The zero-order valence-corrected chi connectivity index (χ0v) is 25.9. The normalized spacial score (nSPS) is 11.5. The van der Waals surface area contributed by atoms with Crippen LogP contribution in [0.1, 0.15) is 0 Å². The van der Waals surface area contributed by atoms with Gasteiger partial charge in [-0.1, -0.05) is 146 Å². The summed E-state index contributed by atoms with van der Waals surface area (Å²) in [5, 5.41) is 7.55. The lowest BCUT2D eigenvalue weighted by molar-refractivity contribution is 1.31. The molecule has 9 aromatic rings. The molecule has 8 aromatic carbocycles. The number of hydrogen-bond donors (Lipinski definition) is 0. The fourth-order valence-electron chi connectivity index (χ4n) is 6.92. The average Bonchev–Trinajstić information content (AvgIpc) is 3.52. The quantitative estimate of drug-likeness (QED) is 0.189. The van der Waals surface area contributed by atoms with Crippen molar-refractivity contribution in [3.05, 3.63) is 176 Å². The molecule has 1 heterocycles. The smallest absolute Gasteiger partial charge is 0.0640 e. The lowest BCUT2D eigenvalue weighted by Crippen LogP contribution is -2.11. The maximum Gasteiger partial charge on any atom is 0.0640 e. The summed E-state index contributed by atoms with van der Waals surface area (Å²) in [6.07, 6.45) is 0. The Bertz CT molecular complexity index is 2520. The van der Waals surface area contributed by atoms with Crippen LogP contribution < -0.4 is 4.90 Å². The summed E-state index contributed by atoms with van der Waals surface area (Å²) in [4.78, 5) is 2.48. The second-order valence-electron chi connectivity index (χ2n) is 11.7. The van der Waals surface area contributed by atoms with Gasteiger partial charge in [-0.05, 0) is 68.6 Å². The molecule has 0 amide bonds. The fourth-order valence-corrected chi connectivity index (χ4v) is 8.13. The van der Waals surface area contributed by atoms with Crippen molar-refractivity contribution in [3.63, 3.8) is 0 Å². The van der Waals surface area contributed by atoms with Gasteiger partial charge in [0.1, 0.15) is 0 Å². The van der Waals surface area contributed by atoms with Gasteiger partial charge in [0, 0.05) is 26.7 Å². The molecule has 216 valence electrons. The monoisotopic (exact) mass is 603 g/mol. The van der Waals surface area contributed by atoms with Crippen molar-refractivity contribution >= 4 is 70.1 Å². The number of rotatable bonds is 5. The molecule has 46 heavy (non-hydrogen) atoms. The maximum atomic E-state index is 2.48. The maximum absolute atomic E-state index is 2.48. The third kappa shape index (κ3) is 4.38. The van der Waals surface area contributed by atoms with Gasteiger partial charge >= 0.3 is 0 Å². The van der Waals surface area contributed by atoms with Gasteiger partial charge < -0.3 is 4.90 Å². The number of nitrogens with zero attached hydrogens (tertiary/aromatic N) is 1. The molecular weight excluding hydrogens is 575 g/mol. The SMILES string of the molecule is c1ccc(-c2ccc(N(c3ccc4ccccc4c3-c3cccc4ccccc34)c3cccc4c3sc3ccccc34)cc2)cc1. The summed E-state index contributed by atoms with van der Waals surface area (Å²) < 4.78 is 2.59. The van der Waals surface area contributed by atoms with Gasteiger partial charge in [0.05, 0.1) is 16.1 Å². The number of hydrogen-bond acceptors (Lipinski definition) is 2. The van der Waals surface area contributed by atoms with E-state index in [0.717, 1.165) is 11.4 Å². The van der Waals surface area contributed by atoms with Gasteiger partial charge in [-0.25, -0.2) is 0 Å². The molecule has 0 saturated heterocycles. The first kappa shape index (κ1) is 26.7. The minimum Gasteiger partial charge on any atom is -0.308 e. The van der Waals surface area contributed by atoms with E-state index in [2.05, 4.69) is 181 Å². The number of benzene rings is 8. The Morgan fingerprint density at radius 3 is 1.80 bits per heavy atom. The van der Waals surface area contributed by atoms with Gasteiger partial charge in [-0.3, -0.25) is 0 Å². The highest BCUT2D eigenvalue weighted by atomic mass is 32.1. The largest absolute Gasteiger partial charge is 0.308 e. The van der Waals surface area contributed by atoms with Crippen LogP contribution >= 0.6 is 11.3 Å². The highest BCUT2D eigenvalue weighted by Gasteiger charge is 2.23. The zero-order valence-electron chi connectivity index (χ0n) is 25.1. The Morgan fingerprint density at radius 2 is 0.978 bits per heavy atom. The van der Waals surface area contributed by atoms with Crippen LogP contribution in [0, 0.1) is 0 Å². The van der Waals surface area contributed by atoms with E-state index in [-0.39, 0.29) is 0 Å². The minimum atomic E-state index is 1.13. The second kappa shape index (κ2) is 11.0. The van der Waals surface area contributed by atoms with Crippen molar-refractivity contribution in [3.8, 4) is 22.3 Å². The lowest BCUT2D eigenvalue weighted by Gasteiger charge is -2.29. The molecule has 2 heteroatoms. The molecule has 0 N–H and O–H groups in total. The minimum absolute atomic E-state index is 1.13. The van der Waals surface area contributed by atoms with Crippen molar-refractivity contribution in [2.75, 3.05) is 4.90 Å². The van der Waals surface area contributed by atoms with Crippen LogP contribution in [0.15, 0.2) is 176 Å². The molecule has 0 aliphatic rings. The van der Waals surface area contributed by atoms with E-state index in [0.29, 0.717) is 0 Å². The molecule has 0 aliphatic carbocycles. The fraction of sp³-hybridized carbons (Fsp3) is 0. The number of anilines is 3. The molecule has 0 fully saturated rings. The van der Waals surface area contributed by atoms with Crippen molar-refractivity contribution in [1.82, 2.24) is 0 Å². The summed E-state index contributed by atoms with van der Waals surface area (Å²) in [5.74, 6) is 0. The van der Waals surface area contributed by atoms with Crippen LogP contribution in [-0.2, 0) is 0 Å². The topological polar surface area (TPSA) is 3.24 Å². The highest BCUT2D eigenvalue weighted by molar-refractivity contribution is 7.26. The van der Waals surface area contributed by atoms with Gasteiger partial charge in [-0.2, -0.15) is 0 Å². The van der Waals surface area contributed by atoms with E-state index in [1.165, 1.54) is 69.7 Å². The molecule has 1 aromatic heterocycles. The third-order valence-electron chi connectivity index (χ3n) is 9.06. The molecule has 0 aliphatic heterocycles. The van der Waals surface area contributed by atoms with Gasteiger partial charge in [0.2, 0.25) is 0 Å². The third-order valence-corrected chi connectivity index (χ3v) is 10.3. The highest BCUT2D eigenvalue weighted by Crippen LogP contribution is 2.49. The first-order valence-corrected chi connectivity index (χ1v) is 16.5. The Morgan fingerprint density at radius 1 is 0.370 bits per heavy atom. The first-order valence-electron chi connectivity index (χ1n) is 15.7. The molecule has 0 radical (unpaired) electrons. The van der Waals surface area contributed by atoms with Gasteiger partial charge in [-0.15, -0.1) is 11.3 Å². The van der Waals surface area contributed by atoms with E-state index >= 15 is 0 Å². The van der Waals surface area contributed by atoms with Crippen molar-refractivity contribution in [2.24, 2.45) is 0 Å². The first-order chi connectivity index (χ1) is 22.8. The van der Waals surface area contributed by atoms with E-state index in [9.17, 15) is 0 Å². The summed E-state index contributed by atoms with van der Waals surface area (Å²) in [6.45, 7) is 0. The number of fused-ring (bicyclic) bond motifs is 5. The van der Waals surface area contributed by atoms with Crippen molar-refractivity contribution in [2.45, 2.75) is 0 Å². The number of thiophene rings is 1. The zero-order chi connectivity index (χ0) is 30.5. The van der Waals surface area contributed by atoms with Crippen LogP contribution in [0.25, 0.3) is 64.0 Å². The van der Waals surface area contributed by atoms with Gasteiger partial charge in [0.15, 0.2) is 0 Å². The molecule has 0 unspecified atom stereocenters. The van der Waals surface area contributed by atoms with Crippen molar-refractivity contribution in [1.29, 1.82) is 0 Å². The van der Waals surface area contributed by atoms with Crippen molar-refractivity contribution < 1.29 is 0 Å². The molecule has 0 bridgehead atoms. The predicted octanol–water partition coefficient (Wildman–Crippen LogP) is 13.2. The van der Waals surface area contributed by atoms with E-state index < -0.39 is 0 Å². The Balaban J connectivity index is 1.37. The standard InChI is InChI=1S/C44H29NS/c1-2-12-30(13-3-1)31-24-27-34(28-25-31)45(41-22-11-21-39-37-19-8-9-23-42(37)46-44(39)41)40-29-26-33-15-5-7-18-36(33)43(40)38-20-10-16-32-14-4-6-17-35(32)38/h1-29H. The summed E-state index contributed by atoms with van der Waals surface area (Å²) >= 11 is 1.87. The molecule has 0 atom stereocenters. The van der Waals surface area contributed by atoms with Crippen LogP contribution in [0.4, 0.5) is 17.1 Å². The molecular formula is C44H29NS. The molecule has 0 saturated carbocycles. The van der Waals surface area contributed by atoms with Crippen LogP contribution in [0.2, 0.25) is 0 Å². The van der Waals surface area contributed by atoms with E-state index in [4.69, 9.17) is 0 Å². The van der Waals surface area contributed by atoms with Gasteiger partial charge in [0.25, 0.3) is 0 Å². The van der Waals surface area contributed by atoms with Crippen LogP contribution in [-0.4, -0.2) is 0 Å². The van der Waals surface area contributed by atoms with Crippen LogP contribution in [0.5, 0.6) is 0 Å². The molecule has 9 rings (SSSR count). The summed E-state index contributed by atoms with van der Waals surface area (Å²) in [6, 6.07) is 64.0. The molecule has 0 spiro atoms. The van der Waals surface area contributed by atoms with Crippen LogP contribution in [0.3, 0.4) is 0 Å². The average molecular weight is 604 g/mol. The Labute approximate surface area is 272 Å². The predicted molar refractivity (Wildman–Crippen MR) is 200 cm³/mol. The van der Waals surface area contributed by atoms with E-state index in [1.54, 1.807) is 0 Å². The molecule has 1 nitrogen and oxygen atoms in total. The van der Waals surface area contributed by atoms with E-state index in [1.807, 2.05) is 11.3 Å². The second-order valence-corrected chi connectivity index (χ2v) is 12.8. The lowest BCUT2D eigenvalue weighted by atomic mass is 9.91. The Kier molecular flexibility index (Phi) is 6.40.